The van der Waals surface area contributed by atoms with Gasteiger partial charge >= 0.3 is 17.9 Å². The van der Waals surface area contributed by atoms with Gasteiger partial charge in [-0.15, -0.1) is 0 Å². The van der Waals surface area contributed by atoms with Crippen LogP contribution in [-0.2, 0) is 28.6 Å². The Morgan fingerprint density at radius 1 is 0.260 bits per heavy atom. The number of hydrogen-bond acceptors (Lipinski definition) is 6. The summed E-state index contributed by atoms with van der Waals surface area (Å²) in [4.78, 5) is 38.2. The van der Waals surface area contributed by atoms with Gasteiger partial charge in [0.25, 0.3) is 0 Å². The Kier molecular flexibility index (Phi) is 64.1. The summed E-state index contributed by atoms with van der Waals surface area (Å²) in [6.45, 7) is 6.67. The zero-order chi connectivity index (χ0) is 55.7. The van der Waals surface area contributed by atoms with E-state index in [4.69, 9.17) is 14.2 Å². The van der Waals surface area contributed by atoms with Gasteiger partial charge in [0.1, 0.15) is 13.2 Å². The van der Waals surface area contributed by atoms with E-state index in [0.717, 1.165) is 64.2 Å². The van der Waals surface area contributed by atoms with Crippen LogP contribution in [0.15, 0.2) is 36.5 Å². The molecule has 0 rings (SSSR count). The van der Waals surface area contributed by atoms with Gasteiger partial charge in [-0.3, -0.25) is 14.4 Å². The first-order valence-corrected chi connectivity index (χ1v) is 34.5. The molecule has 0 heterocycles. The molecule has 6 heteroatoms. The molecule has 0 saturated heterocycles. The van der Waals surface area contributed by atoms with Crippen LogP contribution >= 0.6 is 0 Å². The number of carbonyl (C=O) groups is 3. The second-order valence-electron chi connectivity index (χ2n) is 23.4. The molecule has 0 fully saturated rings. The van der Waals surface area contributed by atoms with Crippen LogP contribution < -0.4 is 0 Å². The Bertz CT molecular complexity index is 1290. The van der Waals surface area contributed by atoms with Crippen molar-refractivity contribution in [3.63, 3.8) is 0 Å². The van der Waals surface area contributed by atoms with Crippen molar-refractivity contribution in [2.75, 3.05) is 13.2 Å². The maximum atomic E-state index is 12.9. The summed E-state index contributed by atoms with van der Waals surface area (Å²) >= 11 is 0. The van der Waals surface area contributed by atoms with Crippen molar-refractivity contribution in [2.45, 2.75) is 386 Å². The Morgan fingerprint density at radius 2 is 0.468 bits per heavy atom. The predicted octanol–water partition coefficient (Wildman–Crippen LogP) is 23.6. The van der Waals surface area contributed by atoms with E-state index in [1.165, 1.54) is 276 Å². The molecule has 0 aromatic carbocycles. The molecule has 0 aliphatic rings. The van der Waals surface area contributed by atoms with E-state index in [2.05, 4.69) is 57.2 Å². The second kappa shape index (κ2) is 66.1. The van der Waals surface area contributed by atoms with Crippen molar-refractivity contribution in [2.24, 2.45) is 0 Å². The van der Waals surface area contributed by atoms with Crippen molar-refractivity contribution in [1.29, 1.82) is 0 Å². The fraction of sp³-hybridized carbons (Fsp3) is 0.873. The summed E-state index contributed by atoms with van der Waals surface area (Å²) in [5.41, 5.74) is 0. The van der Waals surface area contributed by atoms with Gasteiger partial charge in [-0.25, -0.2) is 0 Å². The number of unbranched alkanes of at least 4 members (excludes halogenated alkanes) is 47. The molecule has 0 aromatic heterocycles. The molecular formula is C71H132O6. The molecule has 77 heavy (non-hydrogen) atoms. The zero-order valence-electron chi connectivity index (χ0n) is 52.0. The van der Waals surface area contributed by atoms with Crippen molar-refractivity contribution in [1.82, 2.24) is 0 Å². The predicted molar refractivity (Wildman–Crippen MR) is 335 cm³/mol. The lowest BCUT2D eigenvalue weighted by atomic mass is 10.0. The second-order valence-corrected chi connectivity index (χ2v) is 23.4. The fourth-order valence-electron chi connectivity index (χ4n) is 10.4. The summed E-state index contributed by atoms with van der Waals surface area (Å²) in [6.07, 6.45) is 81.9. The van der Waals surface area contributed by atoms with Crippen molar-refractivity contribution in [3.8, 4) is 0 Å². The van der Waals surface area contributed by atoms with Crippen LogP contribution in [0.25, 0.3) is 0 Å². The Morgan fingerprint density at radius 3 is 0.727 bits per heavy atom. The van der Waals surface area contributed by atoms with Crippen molar-refractivity contribution >= 4 is 17.9 Å². The van der Waals surface area contributed by atoms with Crippen LogP contribution in [0.5, 0.6) is 0 Å². The standard InChI is InChI=1S/C71H132O6/c1-4-7-10-13-16-19-21-23-25-27-29-31-32-33-34-35-36-37-38-40-41-43-45-47-49-52-55-58-61-64-70(73)76-67-68(66-75-69(72)63-60-57-54-51-18-15-12-9-6-3)77-71(74)65-62-59-56-53-50-48-46-44-42-39-30-28-26-24-22-20-17-14-11-8-5-2/h22,24,27-30,68H,4-21,23,25-26,31-67H2,1-3H3/b24-22-,29-27-,30-28-. The van der Waals surface area contributed by atoms with Gasteiger partial charge in [0, 0.05) is 19.3 Å². The smallest absolute Gasteiger partial charge is 0.306 e. The lowest BCUT2D eigenvalue weighted by Gasteiger charge is -2.18. The molecule has 0 bridgehead atoms. The minimum absolute atomic E-state index is 0.0689. The van der Waals surface area contributed by atoms with Crippen LogP contribution in [0.2, 0.25) is 0 Å². The Balaban J connectivity index is 4.10. The minimum Gasteiger partial charge on any atom is -0.462 e. The molecule has 452 valence electrons. The summed E-state index contributed by atoms with van der Waals surface area (Å²) in [5, 5.41) is 0. The normalized spacial score (nSPS) is 12.2. The van der Waals surface area contributed by atoms with Crippen molar-refractivity contribution < 1.29 is 28.6 Å². The summed E-state index contributed by atoms with van der Waals surface area (Å²) < 4.78 is 16.9. The molecule has 0 spiro atoms. The van der Waals surface area contributed by atoms with Crippen molar-refractivity contribution in [3.05, 3.63) is 36.5 Å². The summed E-state index contributed by atoms with van der Waals surface area (Å²) in [7, 11) is 0. The molecule has 0 aliphatic heterocycles. The largest absolute Gasteiger partial charge is 0.462 e. The third kappa shape index (κ3) is 64.3. The van der Waals surface area contributed by atoms with Gasteiger partial charge in [-0.2, -0.15) is 0 Å². The monoisotopic (exact) mass is 1080 g/mol. The number of esters is 3. The molecule has 0 aliphatic carbocycles. The number of carbonyl (C=O) groups excluding carboxylic acids is 3. The molecule has 0 N–H and O–H groups in total. The number of rotatable bonds is 64. The summed E-state index contributed by atoms with van der Waals surface area (Å²) in [5.74, 6) is -0.851. The van der Waals surface area contributed by atoms with E-state index in [-0.39, 0.29) is 31.1 Å². The van der Waals surface area contributed by atoms with Crippen LogP contribution in [0.4, 0.5) is 0 Å². The minimum atomic E-state index is -0.771. The Labute approximate surface area is 480 Å². The van der Waals surface area contributed by atoms with Gasteiger partial charge < -0.3 is 14.2 Å². The van der Waals surface area contributed by atoms with Gasteiger partial charge in [0.2, 0.25) is 0 Å². The quantitative estimate of drug-likeness (QED) is 0.0261. The molecule has 0 saturated carbocycles. The zero-order valence-corrected chi connectivity index (χ0v) is 52.0. The SMILES string of the molecule is CCCCCCC/C=C\C/C=C\CCCCCCCCCCCC(=O)OC(COC(=O)CCCCCCCCCCC)COC(=O)CCCCCCCCCCCCCCCCCCC/C=C\CCCCCCCCCC. The molecule has 0 amide bonds. The Hall–Kier alpha value is -2.37. The van der Waals surface area contributed by atoms with E-state index >= 15 is 0 Å². The maximum Gasteiger partial charge on any atom is 0.306 e. The van der Waals surface area contributed by atoms with E-state index in [1.807, 2.05) is 0 Å². The lowest BCUT2D eigenvalue weighted by Crippen LogP contribution is -2.30. The molecule has 1 atom stereocenters. The molecule has 0 radical (unpaired) electrons. The maximum absolute atomic E-state index is 12.9. The van der Waals surface area contributed by atoms with E-state index in [1.54, 1.807) is 0 Å². The molecular weight excluding hydrogens is 949 g/mol. The molecule has 0 aromatic rings. The average molecular weight is 1080 g/mol. The molecule has 6 nitrogen and oxygen atoms in total. The topological polar surface area (TPSA) is 78.9 Å². The first-order valence-electron chi connectivity index (χ1n) is 34.5. The lowest BCUT2D eigenvalue weighted by molar-refractivity contribution is -0.167. The average Bonchev–Trinajstić information content (AvgIpc) is 3.43. The summed E-state index contributed by atoms with van der Waals surface area (Å²) in [6, 6.07) is 0. The third-order valence-corrected chi connectivity index (χ3v) is 15.6. The van der Waals surface area contributed by atoms with Gasteiger partial charge in [0.15, 0.2) is 6.10 Å². The highest BCUT2D eigenvalue weighted by atomic mass is 16.6. The number of allylic oxidation sites excluding steroid dienone is 6. The fourth-order valence-corrected chi connectivity index (χ4v) is 10.4. The highest BCUT2D eigenvalue weighted by Gasteiger charge is 2.19. The van der Waals surface area contributed by atoms with Crippen LogP contribution in [0.1, 0.15) is 380 Å². The van der Waals surface area contributed by atoms with E-state index in [9.17, 15) is 14.4 Å². The number of hydrogen-bond donors (Lipinski definition) is 0. The van der Waals surface area contributed by atoms with Crippen LogP contribution in [0.3, 0.4) is 0 Å². The molecule has 1 unspecified atom stereocenters. The highest BCUT2D eigenvalue weighted by Crippen LogP contribution is 2.18. The van der Waals surface area contributed by atoms with Gasteiger partial charge in [0.05, 0.1) is 0 Å². The van der Waals surface area contributed by atoms with E-state index in [0.29, 0.717) is 19.3 Å². The van der Waals surface area contributed by atoms with Gasteiger partial charge in [-0.1, -0.05) is 320 Å². The van der Waals surface area contributed by atoms with E-state index < -0.39 is 6.10 Å². The highest BCUT2D eigenvalue weighted by molar-refractivity contribution is 5.71. The van der Waals surface area contributed by atoms with Crippen LogP contribution in [0, 0.1) is 0 Å². The first kappa shape index (κ1) is 74.6. The number of ether oxygens (including phenoxy) is 3. The first-order chi connectivity index (χ1) is 38.0. The van der Waals surface area contributed by atoms with Crippen LogP contribution in [-0.4, -0.2) is 37.2 Å². The van der Waals surface area contributed by atoms with Gasteiger partial charge in [-0.05, 0) is 77.0 Å². The third-order valence-electron chi connectivity index (χ3n) is 15.6.